The van der Waals surface area contributed by atoms with E-state index in [0.717, 1.165) is 38.8 Å². The van der Waals surface area contributed by atoms with Crippen LogP contribution in [0.1, 0.15) is 25.0 Å². The topological polar surface area (TPSA) is 43.9 Å². The number of hydrogen-bond acceptors (Lipinski definition) is 3. The van der Waals surface area contributed by atoms with Crippen LogP contribution in [-0.4, -0.2) is 14.5 Å². The minimum Gasteiger partial charge on any atom is -0.452 e. The Bertz CT molecular complexity index is 2340. The van der Waals surface area contributed by atoms with Gasteiger partial charge in [-0.1, -0.05) is 111 Å². The summed E-state index contributed by atoms with van der Waals surface area (Å²) in [5.74, 6) is 0.647. The van der Waals surface area contributed by atoms with E-state index in [9.17, 15) is 0 Å². The fourth-order valence-electron chi connectivity index (χ4n) is 6.99. The Labute approximate surface area is 236 Å². The monoisotopic (exact) mass is 527 g/mol. The van der Waals surface area contributed by atoms with E-state index in [1.165, 1.54) is 33.0 Å². The number of para-hydroxylation sites is 2. The van der Waals surface area contributed by atoms with Gasteiger partial charge in [-0.25, -0.2) is 9.97 Å². The lowest BCUT2D eigenvalue weighted by molar-refractivity contribution is 0.662. The molecule has 9 rings (SSSR count). The van der Waals surface area contributed by atoms with E-state index < -0.39 is 0 Å². The molecule has 1 aliphatic carbocycles. The molecule has 0 saturated carbocycles. The summed E-state index contributed by atoms with van der Waals surface area (Å²) < 4.78 is 8.68. The Balaban J connectivity index is 1.47. The van der Waals surface area contributed by atoms with Gasteiger partial charge in [-0.15, -0.1) is 0 Å². The molecule has 4 heteroatoms. The van der Waals surface area contributed by atoms with Gasteiger partial charge in [0.15, 0.2) is 5.58 Å². The third kappa shape index (κ3) is 2.94. The summed E-state index contributed by atoms with van der Waals surface area (Å²) in [4.78, 5) is 10.6. The second kappa shape index (κ2) is 7.92. The van der Waals surface area contributed by atoms with Gasteiger partial charge >= 0.3 is 0 Å². The summed E-state index contributed by atoms with van der Waals surface area (Å²) in [6, 6.07) is 40.4. The first kappa shape index (κ1) is 22.6. The molecule has 0 fully saturated rings. The van der Waals surface area contributed by atoms with Crippen molar-refractivity contribution in [3.8, 4) is 28.3 Å². The van der Waals surface area contributed by atoms with Crippen molar-refractivity contribution in [3.63, 3.8) is 0 Å². The zero-order valence-electron chi connectivity index (χ0n) is 22.7. The molecule has 4 nitrogen and oxygen atoms in total. The lowest BCUT2D eigenvalue weighted by atomic mass is 9.81. The Morgan fingerprint density at radius 2 is 1.37 bits per heavy atom. The molecule has 0 saturated heterocycles. The summed E-state index contributed by atoms with van der Waals surface area (Å²) in [6.07, 6.45) is 0. The molecule has 0 radical (unpaired) electrons. The number of rotatable bonds is 2. The lowest BCUT2D eigenvalue weighted by Crippen LogP contribution is -2.17. The summed E-state index contributed by atoms with van der Waals surface area (Å²) in [7, 11) is 0. The molecule has 0 bridgehead atoms. The van der Waals surface area contributed by atoms with E-state index >= 15 is 0 Å². The van der Waals surface area contributed by atoms with Gasteiger partial charge in [0.05, 0.1) is 11.0 Å². The first-order chi connectivity index (χ1) is 20.1. The van der Waals surface area contributed by atoms with Gasteiger partial charge in [-0.2, -0.15) is 0 Å². The Kier molecular flexibility index (Phi) is 4.36. The van der Waals surface area contributed by atoms with E-state index in [-0.39, 0.29) is 5.41 Å². The first-order valence-electron chi connectivity index (χ1n) is 14.0. The van der Waals surface area contributed by atoms with Crippen molar-refractivity contribution in [3.05, 3.63) is 126 Å². The van der Waals surface area contributed by atoms with Crippen molar-refractivity contribution >= 4 is 43.9 Å². The lowest BCUT2D eigenvalue weighted by Gasteiger charge is -2.23. The van der Waals surface area contributed by atoms with Gasteiger partial charge in [0.2, 0.25) is 5.95 Å². The predicted octanol–water partition coefficient (Wildman–Crippen LogP) is 9.45. The highest BCUT2D eigenvalue weighted by Gasteiger charge is 2.38. The Hall–Kier alpha value is -5.22. The quantitative estimate of drug-likeness (QED) is 0.225. The molecule has 3 heterocycles. The Morgan fingerprint density at radius 3 is 2.24 bits per heavy atom. The highest BCUT2D eigenvalue weighted by Crippen LogP contribution is 2.52. The van der Waals surface area contributed by atoms with Gasteiger partial charge in [0.1, 0.15) is 16.8 Å². The van der Waals surface area contributed by atoms with Gasteiger partial charge in [0, 0.05) is 27.1 Å². The molecule has 8 aromatic rings. The molecule has 5 aromatic carbocycles. The first-order valence-corrected chi connectivity index (χ1v) is 14.0. The van der Waals surface area contributed by atoms with Crippen LogP contribution in [0.5, 0.6) is 0 Å². The molecule has 0 N–H and O–H groups in total. The average Bonchev–Trinajstić information content (AvgIpc) is 3.63. The minimum atomic E-state index is -0.188. The van der Waals surface area contributed by atoms with Gasteiger partial charge in [-0.05, 0) is 40.5 Å². The van der Waals surface area contributed by atoms with E-state index in [1.807, 2.05) is 36.4 Å². The molecular weight excluding hydrogens is 502 g/mol. The van der Waals surface area contributed by atoms with Crippen molar-refractivity contribution < 1.29 is 4.42 Å². The maximum atomic E-state index is 6.40. The molecule has 41 heavy (non-hydrogen) atoms. The molecule has 194 valence electrons. The van der Waals surface area contributed by atoms with Crippen LogP contribution in [0, 0.1) is 0 Å². The number of furan rings is 1. The van der Waals surface area contributed by atoms with E-state index in [0.29, 0.717) is 11.5 Å². The number of hydrogen-bond donors (Lipinski definition) is 0. The maximum Gasteiger partial charge on any atom is 0.236 e. The molecule has 0 amide bonds. The van der Waals surface area contributed by atoms with Gasteiger partial charge in [0.25, 0.3) is 0 Å². The zero-order chi connectivity index (χ0) is 27.3. The van der Waals surface area contributed by atoms with E-state index in [2.05, 4.69) is 97.3 Å². The van der Waals surface area contributed by atoms with Crippen molar-refractivity contribution in [1.82, 2.24) is 14.5 Å². The van der Waals surface area contributed by atoms with Crippen LogP contribution in [0.4, 0.5) is 0 Å². The highest BCUT2D eigenvalue weighted by molar-refractivity contribution is 6.13. The summed E-state index contributed by atoms with van der Waals surface area (Å²) in [5.41, 5.74) is 11.4. The summed E-state index contributed by atoms with van der Waals surface area (Å²) >= 11 is 0. The fourth-order valence-corrected chi connectivity index (χ4v) is 6.99. The third-order valence-electron chi connectivity index (χ3n) is 8.81. The predicted molar refractivity (Wildman–Crippen MR) is 167 cm³/mol. The van der Waals surface area contributed by atoms with Crippen LogP contribution in [0.2, 0.25) is 0 Å². The molecule has 1 aliphatic rings. The average molecular weight is 528 g/mol. The van der Waals surface area contributed by atoms with Crippen LogP contribution < -0.4 is 0 Å². The summed E-state index contributed by atoms with van der Waals surface area (Å²) in [5, 5.41) is 3.39. The SMILES string of the molecule is CC1(C)c2ccccc2-c2ccc3c4ccccc4n(-c4nc(-c5ccccc5)c5oc6ccccc6c5n4)c3c21. The maximum absolute atomic E-state index is 6.40. The fraction of sp³-hybridized carbons (Fsp3) is 0.0811. The van der Waals surface area contributed by atoms with Crippen molar-refractivity contribution in [2.45, 2.75) is 19.3 Å². The van der Waals surface area contributed by atoms with Crippen molar-refractivity contribution in [1.29, 1.82) is 0 Å². The van der Waals surface area contributed by atoms with Crippen LogP contribution in [0.25, 0.3) is 72.2 Å². The van der Waals surface area contributed by atoms with Crippen LogP contribution in [-0.2, 0) is 5.41 Å². The van der Waals surface area contributed by atoms with Gasteiger partial charge < -0.3 is 4.42 Å². The third-order valence-corrected chi connectivity index (χ3v) is 8.81. The summed E-state index contributed by atoms with van der Waals surface area (Å²) in [6.45, 7) is 4.67. The molecular formula is C37H25N3O. The minimum absolute atomic E-state index is 0.188. The van der Waals surface area contributed by atoms with E-state index in [4.69, 9.17) is 14.4 Å². The number of aromatic nitrogens is 3. The standard InChI is InChI=1S/C37H25N3O/c1-37(2)28-17-9-6-14-23(28)25-20-21-26-24-15-7-10-18-29(24)40(34(26)31(25)37)36-38-32(22-12-4-3-5-13-22)35-33(39-36)27-16-8-11-19-30(27)41-35/h3-21H,1-2H3. The molecule has 0 atom stereocenters. The highest BCUT2D eigenvalue weighted by atomic mass is 16.3. The van der Waals surface area contributed by atoms with Crippen LogP contribution >= 0.6 is 0 Å². The second-order valence-electron chi connectivity index (χ2n) is 11.4. The zero-order valence-corrected chi connectivity index (χ0v) is 22.7. The molecule has 0 unspecified atom stereocenters. The molecule has 0 spiro atoms. The largest absolute Gasteiger partial charge is 0.452 e. The normalized spacial score (nSPS) is 13.8. The number of fused-ring (bicyclic) bond motifs is 10. The van der Waals surface area contributed by atoms with Gasteiger partial charge in [-0.3, -0.25) is 4.57 Å². The van der Waals surface area contributed by atoms with Crippen LogP contribution in [0.3, 0.4) is 0 Å². The van der Waals surface area contributed by atoms with Crippen molar-refractivity contribution in [2.24, 2.45) is 0 Å². The molecule has 0 aliphatic heterocycles. The van der Waals surface area contributed by atoms with E-state index in [1.54, 1.807) is 0 Å². The number of nitrogens with zero attached hydrogens (tertiary/aromatic N) is 3. The number of benzene rings is 5. The van der Waals surface area contributed by atoms with Crippen molar-refractivity contribution in [2.75, 3.05) is 0 Å². The smallest absolute Gasteiger partial charge is 0.236 e. The second-order valence-corrected chi connectivity index (χ2v) is 11.4. The van der Waals surface area contributed by atoms with Crippen LogP contribution in [0.15, 0.2) is 120 Å². The Morgan fingerprint density at radius 1 is 0.634 bits per heavy atom. The molecule has 3 aromatic heterocycles.